The summed E-state index contributed by atoms with van der Waals surface area (Å²) in [5, 5.41) is 0. The van der Waals surface area contributed by atoms with Crippen LogP contribution in [-0.4, -0.2) is 19.4 Å². The maximum atomic E-state index is 11.9. The Kier molecular flexibility index (Phi) is 5.59. The third kappa shape index (κ3) is 5.92. The zero-order chi connectivity index (χ0) is 15.4. The minimum Gasteiger partial charge on any atom is -0.379 e. The van der Waals surface area contributed by atoms with Crippen LogP contribution in [0.4, 0.5) is 13.2 Å². The fraction of sp³-hybridized carbons (Fsp3) is 0.600. The van der Waals surface area contributed by atoms with Crippen LogP contribution in [0.5, 0.6) is 0 Å². The van der Waals surface area contributed by atoms with Crippen LogP contribution >= 0.6 is 0 Å². The Labute approximate surface area is 118 Å². The molecular formula is C15H22F3NO. The van der Waals surface area contributed by atoms with Crippen molar-refractivity contribution < 1.29 is 17.9 Å². The lowest BCUT2D eigenvalue weighted by Crippen LogP contribution is -2.20. The van der Waals surface area contributed by atoms with Gasteiger partial charge in [0.1, 0.15) is 0 Å². The van der Waals surface area contributed by atoms with Crippen LogP contribution in [0, 0.1) is 0 Å². The van der Waals surface area contributed by atoms with Gasteiger partial charge in [-0.1, -0.05) is 45.0 Å². The summed E-state index contributed by atoms with van der Waals surface area (Å²) in [5.74, 6) is 0. The Morgan fingerprint density at radius 3 is 2.10 bits per heavy atom. The third-order valence-corrected chi connectivity index (χ3v) is 3.03. The molecule has 2 nitrogen and oxygen atoms in total. The summed E-state index contributed by atoms with van der Waals surface area (Å²) >= 11 is 0. The van der Waals surface area contributed by atoms with Gasteiger partial charge in [0.2, 0.25) is 0 Å². The highest BCUT2D eigenvalue weighted by molar-refractivity contribution is 5.29. The summed E-state index contributed by atoms with van der Waals surface area (Å²) in [6.45, 7) is 6.08. The predicted octanol–water partition coefficient (Wildman–Crippen LogP) is 3.95. The molecule has 1 unspecified atom stereocenters. The molecule has 1 aromatic carbocycles. The van der Waals surface area contributed by atoms with E-state index < -0.39 is 18.6 Å². The molecule has 0 aliphatic rings. The van der Waals surface area contributed by atoms with Gasteiger partial charge in [-0.25, -0.2) is 0 Å². The normalized spacial score (nSPS) is 14.3. The summed E-state index contributed by atoms with van der Waals surface area (Å²) in [7, 11) is 0. The predicted molar refractivity (Wildman–Crippen MR) is 73.6 cm³/mol. The second kappa shape index (κ2) is 6.59. The minimum absolute atomic E-state index is 0.0613. The lowest BCUT2D eigenvalue weighted by Gasteiger charge is -2.20. The van der Waals surface area contributed by atoms with Crippen molar-refractivity contribution in [2.24, 2.45) is 5.73 Å². The smallest absolute Gasteiger partial charge is 0.379 e. The van der Waals surface area contributed by atoms with Gasteiger partial charge in [0.05, 0.1) is 25.7 Å². The van der Waals surface area contributed by atoms with Gasteiger partial charge in [0.15, 0.2) is 0 Å². The van der Waals surface area contributed by atoms with E-state index in [-0.39, 0.29) is 18.6 Å². The van der Waals surface area contributed by atoms with E-state index in [0.29, 0.717) is 0 Å². The molecule has 0 fully saturated rings. The van der Waals surface area contributed by atoms with Gasteiger partial charge < -0.3 is 10.5 Å². The standard InChI is InChI=1S/C15H22F3NO/c1-14(2,3)12-6-4-11(5-7-12)13(19)10-20-9-8-15(16,17)18/h4-7,13H,8-10,19H2,1-3H3. The van der Waals surface area contributed by atoms with E-state index in [9.17, 15) is 13.2 Å². The van der Waals surface area contributed by atoms with Crippen molar-refractivity contribution in [3.8, 4) is 0 Å². The highest BCUT2D eigenvalue weighted by Gasteiger charge is 2.26. The monoisotopic (exact) mass is 289 g/mol. The average Bonchev–Trinajstić information content (AvgIpc) is 2.32. The molecule has 0 saturated carbocycles. The van der Waals surface area contributed by atoms with E-state index in [1.807, 2.05) is 24.3 Å². The Balaban J connectivity index is 2.46. The molecule has 20 heavy (non-hydrogen) atoms. The number of hydrogen-bond donors (Lipinski definition) is 1. The summed E-state index contributed by atoms with van der Waals surface area (Å²) < 4.78 is 40.8. The first-order valence-corrected chi connectivity index (χ1v) is 6.60. The SMILES string of the molecule is CC(C)(C)c1ccc(C(N)COCCC(F)(F)F)cc1. The molecule has 0 aromatic heterocycles. The number of halogens is 3. The summed E-state index contributed by atoms with van der Waals surface area (Å²) in [6, 6.07) is 7.38. The first-order valence-electron chi connectivity index (χ1n) is 6.60. The molecule has 0 amide bonds. The Morgan fingerprint density at radius 2 is 1.65 bits per heavy atom. The third-order valence-electron chi connectivity index (χ3n) is 3.03. The van der Waals surface area contributed by atoms with Crippen LogP contribution in [0.1, 0.15) is 44.4 Å². The summed E-state index contributed by atoms with van der Waals surface area (Å²) in [6.07, 6.45) is -5.12. The molecule has 0 heterocycles. The van der Waals surface area contributed by atoms with Crippen LogP contribution in [0.3, 0.4) is 0 Å². The number of hydrogen-bond acceptors (Lipinski definition) is 2. The Bertz CT molecular complexity index is 407. The molecule has 0 bridgehead atoms. The van der Waals surface area contributed by atoms with Gasteiger partial charge >= 0.3 is 6.18 Å². The number of ether oxygens (including phenoxy) is 1. The largest absolute Gasteiger partial charge is 0.391 e. The first kappa shape index (κ1) is 17.0. The van der Waals surface area contributed by atoms with Crippen LogP contribution in [0.15, 0.2) is 24.3 Å². The Morgan fingerprint density at radius 1 is 1.10 bits per heavy atom. The molecule has 1 aromatic rings. The van der Waals surface area contributed by atoms with Crippen molar-refractivity contribution in [3.05, 3.63) is 35.4 Å². The second-order valence-electron chi connectivity index (χ2n) is 5.92. The fourth-order valence-electron chi connectivity index (χ4n) is 1.72. The number of rotatable bonds is 5. The van der Waals surface area contributed by atoms with E-state index in [1.54, 1.807) is 0 Å². The van der Waals surface area contributed by atoms with E-state index in [4.69, 9.17) is 10.5 Å². The summed E-state index contributed by atoms with van der Waals surface area (Å²) in [5.41, 5.74) is 8.01. The molecule has 0 spiro atoms. The van der Waals surface area contributed by atoms with Crippen molar-refractivity contribution in [2.75, 3.05) is 13.2 Å². The fourth-order valence-corrected chi connectivity index (χ4v) is 1.72. The molecule has 0 aliphatic carbocycles. The van der Waals surface area contributed by atoms with E-state index >= 15 is 0 Å². The van der Waals surface area contributed by atoms with Crippen LogP contribution in [0.25, 0.3) is 0 Å². The molecule has 0 radical (unpaired) electrons. The van der Waals surface area contributed by atoms with E-state index in [1.165, 1.54) is 5.56 Å². The van der Waals surface area contributed by atoms with E-state index in [2.05, 4.69) is 20.8 Å². The minimum atomic E-state index is -4.18. The van der Waals surface area contributed by atoms with Gasteiger partial charge in [-0.2, -0.15) is 13.2 Å². The Hall–Kier alpha value is -1.07. The van der Waals surface area contributed by atoms with Gasteiger partial charge in [-0.15, -0.1) is 0 Å². The molecule has 1 rings (SSSR count). The van der Waals surface area contributed by atoms with Gasteiger partial charge in [0.25, 0.3) is 0 Å². The summed E-state index contributed by atoms with van der Waals surface area (Å²) in [4.78, 5) is 0. The quantitative estimate of drug-likeness (QED) is 0.833. The van der Waals surface area contributed by atoms with Crippen LogP contribution in [0.2, 0.25) is 0 Å². The van der Waals surface area contributed by atoms with Crippen molar-refractivity contribution in [1.29, 1.82) is 0 Å². The maximum Gasteiger partial charge on any atom is 0.391 e. The van der Waals surface area contributed by atoms with Crippen molar-refractivity contribution in [1.82, 2.24) is 0 Å². The number of benzene rings is 1. The van der Waals surface area contributed by atoms with Crippen molar-refractivity contribution >= 4 is 0 Å². The van der Waals surface area contributed by atoms with Gasteiger partial charge in [-0.3, -0.25) is 0 Å². The molecule has 5 heteroatoms. The number of alkyl halides is 3. The maximum absolute atomic E-state index is 11.9. The lowest BCUT2D eigenvalue weighted by atomic mass is 9.86. The molecule has 1 atom stereocenters. The zero-order valence-electron chi connectivity index (χ0n) is 12.1. The lowest BCUT2D eigenvalue weighted by molar-refractivity contribution is -0.145. The number of nitrogens with two attached hydrogens (primary N) is 1. The van der Waals surface area contributed by atoms with E-state index in [0.717, 1.165) is 5.56 Å². The molecular weight excluding hydrogens is 267 g/mol. The first-order chi connectivity index (χ1) is 9.09. The highest BCUT2D eigenvalue weighted by Crippen LogP contribution is 2.24. The molecule has 114 valence electrons. The van der Waals surface area contributed by atoms with Crippen molar-refractivity contribution in [2.45, 2.75) is 44.8 Å². The highest BCUT2D eigenvalue weighted by atomic mass is 19.4. The van der Waals surface area contributed by atoms with Gasteiger partial charge in [-0.05, 0) is 16.5 Å². The zero-order valence-corrected chi connectivity index (χ0v) is 12.1. The average molecular weight is 289 g/mol. The molecule has 0 aliphatic heterocycles. The van der Waals surface area contributed by atoms with Crippen molar-refractivity contribution in [3.63, 3.8) is 0 Å². The topological polar surface area (TPSA) is 35.2 Å². The van der Waals surface area contributed by atoms with Crippen LogP contribution in [-0.2, 0) is 10.2 Å². The van der Waals surface area contributed by atoms with Gasteiger partial charge in [0, 0.05) is 0 Å². The molecule has 0 saturated heterocycles. The molecule has 2 N–H and O–H groups in total. The second-order valence-corrected chi connectivity index (χ2v) is 5.92. The van der Waals surface area contributed by atoms with Crippen LogP contribution < -0.4 is 5.73 Å².